The van der Waals surface area contributed by atoms with Gasteiger partial charge < -0.3 is 5.73 Å². The molecule has 17 heavy (non-hydrogen) atoms. The lowest BCUT2D eigenvalue weighted by molar-refractivity contribution is 0.600. The zero-order chi connectivity index (χ0) is 12.9. The van der Waals surface area contributed by atoms with E-state index in [0.717, 1.165) is 30.5 Å². The maximum Gasteiger partial charge on any atom is 0.232 e. The standard InChI is InChI=1S/C12H20N2O2S/c1-14(17(2,15)16)12-9-4-3-7-11(12)8-5-6-10-13/h3-4,7,9H,5-6,8,10,13H2,1-2H3. The topological polar surface area (TPSA) is 63.4 Å². The summed E-state index contributed by atoms with van der Waals surface area (Å²) in [5.41, 5.74) is 7.26. The Morgan fingerprint density at radius 2 is 1.88 bits per heavy atom. The van der Waals surface area contributed by atoms with Gasteiger partial charge in [0.05, 0.1) is 11.9 Å². The number of sulfonamides is 1. The minimum Gasteiger partial charge on any atom is -0.330 e. The first-order valence-corrected chi connectivity index (χ1v) is 7.53. The van der Waals surface area contributed by atoms with Crippen molar-refractivity contribution in [2.75, 3.05) is 24.2 Å². The summed E-state index contributed by atoms with van der Waals surface area (Å²) in [6.45, 7) is 0.671. The number of hydrogen-bond acceptors (Lipinski definition) is 3. The lowest BCUT2D eigenvalue weighted by Crippen LogP contribution is -2.25. The number of aryl methyl sites for hydroxylation is 1. The number of para-hydroxylation sites is 1. The Kier molecular flexibility index (Phi) is 4.96. The molecule has 4 nitrogen and oxygen atoms in total. The molecule has 96 valence electrons. The lowest BCUT2D eigenvalue weighted by atomic mass is 10.1. The average molecular weight is 256 g/mol. The van der Waals surface area contributed by atoms with Gasteiger partial charge in [0.1, 0.15) is 0 Å². The number of nitrogens with zero attached hydrogens (tertiary/aromatic N) is 1. The van der Waals surface area contributed by atoms with E-state index in [1.807, 2.05) is 24.3 Å². The minimum absolute atomic E-state index is 0.671. The highest BCUT2D eigenvalue weighted by Gasteiger charge is 2.14. The molecule has 0 saturated heterocycles. The number of nitrogens with two attached hydrogens (primary N) is 1. The lowest BCUT2D eigenvalue weighted by Gasteiger charge is -2.20. The molecule has 1 aromatic rings. The van der Waals surface area contributed by atoms with Gasteiger partial charge in [0, 0.05) is 7.05 Å². The van der Waals surface area contributed by atoms with E-state index < -0.39 is 10.0 Å². The van der Waals surface area contributed by atoms with Crippen molar-refractivity contribution in [2.24, 2.45) is 5.73 Å². The highest BCUT2D eigenvalue weighted by molar-refractivity contribution is 7.92. The Morgan fingerprint density at radius 3 is 2.47 bits per heavy atom. The van der Waals surface area contributed by atoms with Gasteiger partial charge in [-0.3, -0.25) is 4.31 Å². The summed E-state index contributed by atoms with van der Waals surface area (Å²) in [5, 5.41) is 0. The quantitative estimate of drug-likeness (QED) is 0.782. The van der Waals surface area contributed by atoms with E-state index >= 15 is 0 Å². The summed E-state index contributed by atoms with van der Waals surface area (Å²) in [4.78, 5) is 0. The molecule has 0 bridgehead atoms. The van der Waals surface area contributed by atoms with Crippen molar-refractivity contribution >= 4 is 15.7 Å². The summed E-state index contributed by atoms with van der Waals surface area (Å²) < 4.78 is 24.4. The van der Waals surface area contributed by atoms with Gasteiger partial charge in [-0.1, -0.05) is 18.2 Å². The summed E-state index contributed by atoms with van der Waals surface area (Å²) in [7, 11) is -1.62. The molecule has 0 fully saturated rings. The fourth-order valence-corrected chi connectivity index (χ4v) is 2.20. The third kappa shape index (κ3) is 4.02. The largest absolute Gasteiger partial charge is 0.330 e. The van der Waals surface area contributed by atoms with Crippen LogP contribution in [0.4, 0.5) is 5.69 Å². The first kappa shape index (κ1) is 14.0. The van der Waals surface area contributed by atoms with Crippen LogP contribution in [0.3, 0.4) is 0 Å². The van der Waals surface area contributed by atoms with E-state index in [1.165, 1.54) is 10.6 Å². The predicted octanol–water partition coefficient (Wildman–Crippen LogP) is 1.36. The van der Waals surface area contributed by atoms with Gasteiger partial charge in [-0.05, 0) is 37.4 Å². The van der Waals surface area contributed by atoms with Crippen LogP contribution in [0.15, 0.2) is 24.3 Å². The van der Waals surface area contributed by atoms with E-state index in [9.17, 15) is 8.42 Å². The fourth-order valence-electron chi connectivity index (χ4n) is 1.67. The van der Waals surface area contributed by atoms with Crippen LogP contribution < -0.4 is 10.0 Å². The van der Waals surface area contributed by atoms with Gasteiger partial charge in [-0.15, -0.1) is 0 Å². The van der Waals surface area contributed by atoms with Crippen LogP contribution >= 0.6 is 0 Å². The molecule has 0 aliphatic heterocycles. The third-order valence-corrected chi connectivity index (χ3v) is 3.92. The second kappa shape index (κ2) is 6.02. The molecular formula is C12H20N2O2S. The van der Waals surface area contributed by atoms with Crippen molar-refractivity contribution in [3.63, 3.8) is 0 Å². The molecule has 0 heterocycles. The van der Waals surface area contributed by atoms with Crippen LogP contribution in [-0.4, -0.2) is 28.3 Å². The van der Waals surface area contributed by atoms with E-state index in [0.29, 0.717) is 6.54 Å². The maximum atomic E-state index is 11.5. The van der Waals surface area contributed by atoms with Crippen molar-refractivity contribution in [2.45, 2.75) is 19.3 Å². The predicted molar refractivity (Wildman–Crippen MR) is 71.7 cm³/mol. The highest BCUT2D eigenvalue weighted by Crippen LogP contribution is 2.22. The molecule has 2 N–H and O–H groups in total. The molecule has 1 rings (SSSR count). The molecule has 0 aromatic heterocycles. The normalized spacial score (nSPS) is 11.5. The molecule has 0 unspecified atom stereocenters. The third-order valence-electron chi connectivity index (χ3n) is 2.73. The van der Waals surface area contributed by atoms with E-state index in [-0.39, 0.29) is 0 Å². The van der Waals surface area contributed by atoms with Crippen molar-refractivity contribution in [3.05, 3.63) is 29.8 Å². The molecular weight excluding hydrogens is 236 g/mol. The first-order valence-electron chi connectivity index (χ1n) is 5.68. The summed E-state index contributed by atoms with van der Waals surface area (Å²) in [6.07, 6.45) is 4.00. The summed E-state index contributed by atoms with van der Waals surface area (Å²) in [5.74, 6) is 0. The molecule has 0 aliphatic carbocycles. The zero-order valence-electron chi connectivity index (χ0n) is 10.4. The SMILES string of the molecule is CN(c1ccccc1CCCCN)S(C)(=O)=O. The number of rotatable bonds is 6. The van der Waals surface area contributed by atoms with E-state index in [2.05, 4.69) is 0 Å². The van der Waals surface area contributed by atoms with Gasteiger partial charge in [0.2, 0.25) is 10.0 Å². The summed E-state index contributed by atoms with van der Waals surface area (Å²) >= 11 is 0. The van der Waals surface area contributed by atoms with Crippen molar-refractivity contribution in [1.82, 2.24) is 0 Å². The van der Waals surface area contributed by atoms with Crippen LogP contribution in [0.1, 0.15) is 18.4 Å². The average Bonchev–Trinajstić information content (AvgIpc) is 2.28. The Labute approximate surface area is 103 Å². The van der Waals surface area contributed by atoms with Gasteiger partial charge in [-0.25, -0.2) is 8.42 Å². The van der Waals surface area contributed by atoms with Crippen LogP contribution in [0, 0.1) is 0 Å². The van der Waals surface area contributed by atoms with Crippen LogP contribution in [0.5, 0.6) is 0 Å². The van der Waals surface area contributed by atoms with E-state index in [1.54, 1.807) is 7.05 Å². The van der Waals surface area contributed by atoms with Crippen LogP contribution in [-0.2, 0) is 16.4 Å². The Balaban J connectivity index is 2.92. The number of anilines is 1. The smallest absolute Gasteiger partial charge is 0.232 e. The van der Waals surface area contributed by atoms with Crippen molar-refractivity contribution < 1.29 is 8.42 Å². The van der Waals surface area contributed by atoms with Crippen LogP contribution in [0.2, 0.25) is 0 Å². The molecule has 0 spiro atoms. The minimum atomic E-state index is -3.20. The molecule has 0 atom stereocenters. The molecule has 1 aromatic carbocycles. The van der Waals surface area contributed by atoms with Crippen LogP contribution in [0.25, 0.3) is 0 Å². The Bertz CT molecular complexity index is 457. The molecule has 0 radical (unpaired) electrons. The second-order valence-corrected chi connectivity index (χ2v) is 6.12. The molecule has 0 saturated carbocycles. The highest BCUT2D eigenvalue weighted by atomic mass is 32.2. The first-order chi connectivity index (χ1) is 7.96. The van der Waals surface area contributed by atoms with Gasteiger partial charge >= 0.3 is 0 Å². The molecule has 0 amide bonds. The van der Waals surface area contributed by atoms with Gasteiger partial charge in [0.25, 0.3) is 0 Å². The van der Waals surface area contributed by atoms with E-state index in [4.69, 9.17) is 5.73 Å². The Hall–Kier alpha value is -1.07. The van der Waals surface area contributed by atoms with Gasteiger partial charge in [0.15, 0.2) is 0 Å². The Morgan fingerprint density at radius 1 is 1.24 bits per heavy atom. The van der Waals surface area contributed by atoms with Crippen molar-refractivity contribution in [3.8, 4) is 0 Å². The van der Waals surface area contributed by atoms with Gasteiger partial charge in [-0.2, -0.15) is 0 Å². The second-order valence-electron chi connectivity index (χ2n) is 4.10. The zero-order valence-corrected chi connectivity index (χ0v) is 11.2. The number of hydrogen-bond donors (Lipinski definition) is 1. The maximum absolute atomic E-state index is 11.5. The fraction of sp³-hybridized carbons (Fsp3) is 0.500. The summed E-state index contributed by atoms with van der Waals surface area (Å²) in [6, 6.07) is 7.58. The monoisotopic (exact) mass is 256 g/mol. The molecule has 5 heteroatoms. The number of benzene rings is 1. The van der Waals surface area contributed by atoms with Crippen molar-refractivity contribution in [1.29, 1.82) is 0 Å². The molecule has 0 aliphatic rings. The number of unbranched alkanes of at least 4 members (excludes halogenated alkanes) is 1.